The number of rotatable bonds is 9. The Labute approximate surface area is 167 Å². The molecule has 0 bridgehead atoms. The predicted molar refractivity (Wildman–Crippen MR) is 109 cm³/mol. The fourth-order valence-electron chi connectivity index (χ4n) is 3.74. The first kappa shape index (κ1) is 20.9. The van der Waals surface area contributed by atoms with E-state index in [-0.39, 0.29) is 23.5 Å². The highest BCUT2D eigenvalue weighted by atomic mass is 32.2. The minimum atomic E-state index is -3.50. The van der Waals surface area contributed by atoms with Crippen LogP contribution in [-0.2, 0) is 14.8 Å². The highest BCUT2D eigenvalue weighted by Crippen LogP contribution is 2.22. The van der Waals surface area contributed by atoms with Crippen LogP contribution in [0.25, 0.3) is 0 Å². The summed E-state index contributed by atoms with van der Waals surface area (Å²) in [7, 11) is -3.50. The standard InChI is InChI=1S/C21H30N2O4S/c24-21(22-15-14-17-6-2-1-3-7-17)16-27-19-10-12-20(13-11-19)28(25,26)23-18-8-4-5-9-18/h6,10-13,18,23H,1-5,7-9,14-16H2,(H,22,24). The van der Waals surface area contributed by atoms with Crippen molar-refractivity contribution in [3.8, 4) is 5.75 Å². The van der Waals surface area contributed by atoms with E-state index in [9.17, 15) is 13.2 Å². The minimum absolute atomic E-state index is 0.0361. The summed E-state index contributed by atoms with van der Waals surface area (Å²) in [5, 5.41) is 2.87. The summed E-state index contributed by atoms with van der Waals surface area (Å²) in [5.41, 5.74) is 1.43. The fourth-order valence-corrected chi connectivity index (χ4v) is 5.05. The van der Waals surface area contributed by atoms with Crippen LogP contribution in [0.15, 0.2) is 40.8 Å². The molecule has 7 heteroatoms. The summed E-state index contributed by atoms with van der Waals surface area (Å²) in [6.07, 6.45) is 11.9. The van der Waals surface area contributed by atoms with Gasteiger partial charge in [0.15, 0.2) is 6.61 Å². The van der Waals surface area contributed by atoms with E-state index >= 15 is 0 Å². The number of hydrogen-bond donors (Lipinski definition) is 2. The highest BCUT2D eigenvalue weighted by Gasteiger charge is 2.22. The topological polar surface area (TPSA) is 84.5 Å². The van der Waals surface area contributed by atoms with Crippen LogP contribution in [0.2, 0.25) is 0 Å². The molecule has 0 atom stereocenters. The van der Waals surface area contributed by atoms with Crippen LogP contribution in [0.4, 0.5) is 0 Å². The van der Waals surface area contributed by atoms with Gasteiger partial charge < -0.3 is 10.1 Å². The lowest BCUT2D eigenvalue weighted by Crippen LogP contribution is -2.32. The van der Waals surface area contributed by atoms with Crippen molar-refractivity contribution < 1.29 is 17.9 Å². The predicted octanol–water partition coefficient (Wildman–Crippen LogP) is 3.29. The normalized spacial score (nSPS) is 17.9. The van der Waals surface area contributed by atoms with E-state index in [0.717, 1.165) is 44.9 Å². The third-order valence-corrected chi connectivity index (χ3v) is 6.87. The van der Waals surface area contributed by atoms with Crippen LogP contribution in [0.1, 0.15) is 57.8 Å². The van der Waals surface area contributed by atoms with Gasteiger partial charge in [0.25, 0.3) is 5.91 Å². The Kier molecular flexibility index (Phi) is 7.50. The van der Waals surface area contributed by atoms with Gasteiger partial charge in [0, 0.05) is 12.6 Å². The van der Waals surface area contributed by atoms with Gasteiger partial charge in [0.1, 0.15) is 5.75 Å². The molecule has 154 valence electrons. The van der Waals surface area contributed by atoms with E-state index < -0.39 is 10.0 Å². The van der Waals surface area contributed by atoms with Gasteiger partial charge >= 0.3 is 0 Å². The van der Waals surface area contributed by atoms with Crippen molar-refractivity contribution >= 4 is 15.9 Å². The molecule has 6 nitrogen and oxygen atoms in total. The Morgan fingerprint density at radius 3 is 2.50 bits per heavy atom. The molecule has 3 rings (SSSR count). The summed E-state index contributed by atoms with van der Waals surface area (Å²) in [6.45, 7) is 0.545. The fraction of sp³-hybridized carbons (Fsp3) is 0.571. The molecule has 1 aromatic carbocycles. The number of benzene rings is 1. The quantitative estimate of drug-likeness (QED) is 0.616. The van der Waals surface area contributed by atoms with Crippen molar-refractivity contribution in [2.75, 3.05) is 13.2 Å². The molecule has 2 N–H and O–H groups in total. The number of sulfonamides is 1. The van der Waals surface area contributed by atoms with Gasteiger partial charge in [-0.25, -0.2) is 13.1 Å². The van der Waals surface area contributed by atoms with Gasteiger partial charge in [0.2, 0.25) is 10.0 Å². The molecule has 2 aliphatic carbocycles. The second-order valence-corrected chi connectivity index (χ2v) is 9.28. The van der Waals surface area contributed by atoms with Crippen molar-refractivity contribution in [2.24, 2.45) is 0 Å². The van der Waals surface area contributed by atoms with Gasteiger partial charge in [0.05, 0.1) is 4.90 Å². The third-order valence-electron chi connectivity index (χ3n) is 5.33. The van der Waals surface area contributed by atoms with Crippen LogP contribution >= 0.6 is 0 Å². The number of allylic oxidation sites excluding steroid dienone is 1. The molecule has 0 aliphatic heterocycles. The Bertz CT molecular complexity index is 781. The van der Waals surface area contributed by atoms with Crippen LogP contribution in [0, 0.1) is 0 Å². The first-order valence-electron chi connectivity index (χ1n) is 10.2. The van der Waals surface area contributed by atoms with E-state index in [2.05, 4.69) is 16.1 Å². The zero-order valence-electron chi connectivity index (χ0n) is 16.3. The van der Waals surface area contributed by atoms with Gasteiger partial charge in [-0.15, -0.1) is 0 Å². The molecule has 28 heavy (non-hydrogen) atoms. The Morgan fingerprint density at radius 1 is 1.07 bits per heavy atom. The first-order chi connectivity index (χ1) is 13.5. The Balaban J connectivity index is 1.41. The van der Waals surface area contributed by atoms with Crippen LogP contribution < -0.4 is 14.8 Å². The minimum Gasteiger partial charge on any atom is -0.484 e. The molecule has 1 amide bonds. The Hall–Kier alpha value is -1.86. The largest absolute Gasteiger partial charge is 0.484 e. The molecule has 0 aromatic heterocycles. The summed E-state index contributed by atoms with van der Waals surface area (Å²) < 4.78 is 33.0. The van der Waals surface area contributed by atoms with Crippen molar-refractivity contribution in [3.05, 3.63) is 35.9 Å². The monoisotopic (exact) mass is 406 g/mol. The van der Waals surface area contributed by atoms with Crippen molar-refractivity contribution in [1.29, 1.82) is 0 Å². The maximum absolute atomic E-state index is 12.4. The molecular formula is C21H30N2O4S. The van der Waals surface area contributed by atoms with Crippen molar-refractivity contribution in [1.82, 2.24) is 10.0 Å². The molecule has 1 aromatic rings. The summed E-state index contributed by atoms with van der Waals surface area (Å²) in [4.78, 5) is 12.1. The van der Waals surface area contributed by atoms with E-state index in [0.29, 0.717) is 12.3 Å². The lowest BCUT2D eigenvalue weighted by Gasteiger charge is -2.14. The summed E-state index contributed by atoms with van der Waals surface area (Å²) >= 11 is 0. The van der Waals surface area contributed by atoms with E-state index in [1.54, 1.807) is 12.1 Å². The maximum Gasteiger partial charge on any atom is 0.257 e. The average molecular weight is 407 g/mol. The molecule has 2 aliphatic rings. The molecule has 0 spiro atoms. The maximum atomic E-state index is 12.4. The SMILES string of the molecule is O=C(COc1ccc(S(=O)(=O)NC2CCCC2)cc1)NCCC1=CCCCC1. The van der Waals surface area contributed by atoms with Gasteiger partial charge in [-0.2, -0.15) is 0 Å². The zero-order valence-corrected chi connectivity index (χ0v) is 17.1. The lowest BCUT2D eigenvalue weighted by molar-refractivity contribution is -0.123. The number of amides is 1. The van der Waals surface area contributed by atoms with Crippen LogP contribution in [-0.4, -0.2) is 33.5 Å². The molecule has 1 saturated carbocycles. The highest BCUT2D eigenvalue weighted by molar-refractivity contribution is 7.89. The molecule has 0 unspecified atom stereocenters. The second kappa shape index (κ2) is 10.1. The number of hydrogen-bond acceptors (Lipinski definition) is 4. The van der Waals surface area contributed by atoms with E-state index in [1.165, 1.54) is 30.5 Å². The average Bonchev–Trinajstić information content (AvgIpc) is 3.20. The van der Waals surface area contributed by atoms with Crippen molar-refractivity contribution in [3.63, 3.8) is 0 Å². The smallest absolute Gasteiger partial charge is 0.257 e. The first-order valence-corrected chi connectivity index (χ1v) is 11.7. The van der Waals surface area contributed by atoms with E-state index in [1.807, 2.05) is 0 Å². The zero-order chi connectivity index (χ0) is 19.8. The third kappa shape index (κ3) is 6.34. The van der Waals surface area contributed by atoms with Crippen LogP contribution in [0.5, 0.6) is 5.75 Å². The van der Waals surface area contributed by atoms with Gasteiger partial charge in [-0.3, -0.25) is 4.79 Å². The molecule has 1 fully saturated rings. The van der Waals surface area contributed by atoms with Crippen LogP contribution in [0.3, 0.4) is 0 Å². The number of ether oxygens (including phenoxy) is 1. The molecule has 0 heterocycles. The van der Waals surface area contributed by atoms with E-state index in [4.69, 9.17) is 4.74 Å². The molecule has 0 saturated heterocycles. The number of nitrogens with one attached hydrogen (secondary N) is 2. The Morgan fingerprint density at radius 2 is 1.82 bits per heavy atom. The second-order valence-electron chi connectivity index (χ2n) is 7.57. The van der Waals surface area contributed by atoms with Gasteiger partial charge in [-0.1, -0.05) is 24.5 Å². The van der Waals surface area contributed by atoms with Gasteiger partial charge in [-0.05, 0) is 69.2 Å². The summed E-state index contributed by atoms with van der Waals surface area (Å²) in [5.74, 6) is 0.306. The summed E-state index contributed by atoms with van der Waals surface area (Å²) in [6, 6.07) is 6.24. The lowest BCUT2D eigenvalue weighted by atomic mass is 9.97. The molecular weight excluding hydrogens is 376 g/mol. The van der Waals surface area contributed by atoms with Crippen molar-refractivity contribution in [2.45, 2.75) is 68.7 Å². The number of carbonyl (C=O) groups excluding carboxylic acids is 1. The molecule has 0 radical (unpaired) electrons. The number of carbonyl (C=O) groups is 1.